The Morgan fingerprint density at radius 2 is 1.61 bits per heavy atom. The smallest absolute Gasteiger partial charge is 0.243 e. The molecule has 2 saturated heterocycles. The molecule has 4 rings (SSSR count). The van der Waals surface area contributed by atoms with Crippen LogP contribution in [0.2, 0.25) is 0 Å². The van der Waals surface area contributed by atoms with Crippen molar-refractivity contribution in [2.75, 3.05) is 44.8 Å². The molecule has 0 saturated carbocycles. The molecule has 1 amide bonds. The van der Waals surface area contributed by atoms with Crippen LogP contribution < -0.4 is 5.32 Å². The topological polar surface area (TPSA) is 84.9 Å². The molecule has 2 aromatic rings. The lowest BCUT2D eigenvalue weighted by atomic mass is 9.73. The number of carbonyl (C=O) groups excluding carboxylic acids is 1. The van der Waals surface area contributed by atoms with Gasteiger partial charge in [-0.1, -0.05) is 36.4 Å². The van der Waals surface area contributed by atoms with E-state index in [9.17, 15) is 13.2 Å². The van der Waals surface area contributed by atoms with Crippen LogP contribution in [-0.4, -0.2) is 58.1 Å². The molecule has 2 fully saturated rings. The summed E-state index contributed by atoms with van der Waals surface area (Å²) in [4.78, 5) is 13.7. The number of amides is 1. The van der Waals surface area contributed by atoms with E-state index in [0.717, 1.165) is 11.1 Å². The second kappa shape index (κ2) is 9.08. The summed E-state index contributed by atoms with van der Waals surface area (Å²) in [5.74, 6) is -0.133. The van der Waals surface area contributed by atoms with Gasteiger partial charge in [-0.3, -0.25) is 4.79 Å². The number of carbonyl (C=O) groups is 1. The first-order valence-electron chi connectivity index (χ1n) is 10.6. The van der Waals surface area contributed by atoms with Gasteiger partial charge >= 0.3 is 0 Å². The van der Waals surface area contributed by atoms with E-state index in [2.05, 4.69) is 5.32 Å². The van der Waals surface area contributed by atoms with Gasteiger partial charge in [-0.15, -0.1) is 0 Å². The van der Waals surface area contributed by atoms with Gasteiger partial charge in [0, 0.05) is 32.0 Å². The maximum atomic E-state index is 13.6. The van der Waals surface area contributed by atoms with Crippen LogP contribution in [0, 0.1) is 6.92 Å². The van der Waals surface area contributed by atoms with E-state index >= 15 is 0 Å². The lowest BCUT2D eigenvalue weighted by Gasteiger charge is -2.36. The summed E-state index contributed by atoms with van der Waals surface area (Å²) in [7, 11) is -3.65. The molecule has 166 valence electrons. The van der Waals surface area contributed by atoms with Crippen LogP contribution in [0.5, 0.6) is 0 Å². The summed E-state index contributed by atoms with van der Waals surface area (Å²) in [6.45, 7) is 4.30. The van der Waals surface area contributed by atoms with Crippen LogP contribution in [0.1, 0.15) is 24.0 Å². The van der Waals surface area contributed by atoms with Gasteiger partial charge in [0.2, 0.25) is 15.9 Å². The number of rotatable bonds is 5. The number of anilines is 1. The third kappa shape index (κ3) is 4.39. The molecule has 31 heavy (non-hydrogen) atoms. The SMILES string of the molecule is Cc1ccc(S(=O)(=O)N2CCOCC2)cc1NC(=O)C1(c2ccccc2)CCOCC1. The van der Waals surface area contributed by atoms with Crippen molar-refractivity contribution >= 4 is 21.6 Å². The van der Waals surface area contributed by atoms with Crippen molar-refractivity contribution in [1.82, 2.24) is 4.31 Å². The number of nitrogens with one attached hydrogen (secondary N) is 1. The van der Waals surface area contributed by atoms with Crippen LogP contribution in [-0.2, 0) is 29.7 Å². The molecule has 0 spiro atoms. The van der Waals surface area contributed by atoms with Crippen molar-refractivity contribution in [3.63, 3.8) is 0 Å². The highest BCUT2D eigenvalue weighted by molar-refractivity contribution is 7.89. The first kappa shape index (κ1) is 22.0. The molecule has 0 bridgehead atoms. The van der Waals surface area contributed by atoms with E-state index in [1.54, 1.807) is 18.2 Å². The van der Waals surface area contributed by atoms with Crippen LogP contribution in [0.25, 0.3) is 0 Å². The molecule has 2 aliphatic heterocycles. The van der Waals surface area contributed by atoms with Gasteiger partial charge < -0.3 is 14.8 Å². The number of morpholine rings is 1. The standard InChI is InChI=1S/C23H28N2O5S/c1-18-7-8-20(31(27,28)25-11-15-30-16-12-25)17-21(18)24-22(26)23(9-13-29-14-10-23)19-5-3-2-4-6-19/h2-8,17H,9-16H2,1H3,(H,24,26). The first-order chi connectivity index (χ1) is 14.9. The zero-order valence-electron chi connectivity index (χ0n) is 17.7. The number of sulfonamides is 1. The van der Waals surface area contributed by atoms with Crippen molar-refractivity contribution in [3.05, 3.63) is 59.7 Å². The Balaban J connectivity index is 1.64. The maximum absolute atomic E-state index is 13.6. The van der Waals surface area contributed by atoms with E-state index in [0.29, 0.717) is 58.0 Å². The van der Waals surface area contributed by atoms with Crippen molar-refractivity contribution in [1.29, 1.82) is 0 Å². The van der Waals surface area contributed by atoms with E-state index < -0.39 is 15.4 Å². The van der Waals surface area contributed by atoms with E-state index in [1.165, 1.54) is 4.31 Å². The predicted molar refractivity (Wildman–Crippen MR) is 118 cm³/mol. The molecule has 0 radical (unpaired) electrons. The minimum absolute atomic E-state index is 0.133. The summed E-state index contributed by atoms with van der Waals surface area (Å²) in [6.07, 6.45) is 1.15. The summed E-state index contributed by atoms with van der Waals surface area (Å²) in [5.41, 5.74) is 1.57. The van der Waals surface area contributed by atoms with Crippen LogP contribution in [0.4, 0.5) is 5.69 Å². The third-order valence-corrected chi connectivity index (χ3v) is 8.07. The van der Waals surface area contributed by atoms with Gasteiger partial charge in [0.05, 0.1) is 23.5 Å². The van der Waals surface area contributed by atoms with Crippen molar-refractivity contribution in [3.8, 4) is 0 Å². The van der Waals surface area contributed by atoms with Gasteiger partial charge in [0.15, 0.2) is 0 Å². The first-order valence-corrected chi connectivity index (χ1v) is 12.0. The number of benzene rings is 2. The minimum Gasteiger partial charge on any atom is -0.381 e. The molecule has 2 heterocycles. The van der Waals surface area contributed by atoms with E-state index in [1.807, 2.05) is 37.3 Å². The van der Waals surface area contributed by atoms with Crippen LogP contribution in [0.3, 0.4) is 0 Å². The van der Waals surface area contributed by atoms with Gasteiger partial charge in [-0.05, 0) is 43.0 Å². The molecule has 8 heteroatoms. The highest BCUT2D eigenvalue weighted by atomic mass is 32.2. The Morgan fingerprint density at radius 1 is 0.968 bits per heavy atom. The molecule has 0 unspecified atom stereocenters. The lowest BCUT2D eigenvalue weighted by molar-refractivity contribution is -0.125. The molecule has 0 aliphatic carbocycles. The van der Waals surface area contributed by atoms with Gasteiger partial charge in [0.25, 0.3) is 0 Å². The Morgan fingerprint density at radius 3 is 2.29 bits per heavy atom. The average Bonchev–Trinajstić information content (AvgIpc) is 2.82. The number of nitrogens with zero attached hydrogens (tertiary/aromatic N) is 1. The number of ether oxygens (including phenoxy) is 2. The largest absolute Gasteiger partial charge is 0.381 e. The van der Waals surface area contributed by atoms with Gasteiger partial charge in [-0.25, -0.2) is 8.42 Å². The Labute approximate surface area is 183 Å². The third-order valence-electron chi connectivity index (χ3n) is 6.17. The maximum Gasteiger partial charge on any atom is 0.243 e. The lowest BCUT2D eigenvalue weighted by Crippen LogP contribution is -2.45. The highest BCUT2D eigenvalue weighted by Crippen LogP contribution is 2.36. The predicted octanol–water partition coefficient (Wildman–Crippen LogP) is 2.70. The second-order valence-corrected chi connectivity index (χ2v) is 9.95. The number of hydrogen-bond acceptors (Lipinski definition) is 5. The van der Waals surface area contributed by atoms with Gasteiger partial charge in [-0.2, -0.15) is 4.31 Å². The zero-order chi connectivity index (χ0) is 21.9. The monoisotopic (exact) mass is 444 g/mol. The summed E-state index contributed by atoms with van der Waals surface area (Å²) in [6, 6.07) is 14.6. The second-order valence-electron chi connectivity index (χ2n) is 8.01. The molecule has 2 aliphatic rings. The number of aryl methyl sites for hydroxylation is 1. The summed E-state index contributed by atoms with van der Waals surface area (Å²) < 4.78 is 38.4. The van der Waals surface area contributed by atoms with Crippen LogP contribution >= 0.6 is 0 Å². The zero-order valence-corrected chi connectivity index (χ0v) is 18.5. The Kier molecular flexibility index (Phi) is 6.43. The summed E-state index contributed by atoms with van der Waals surface area (Å²) >= 11 is 0. The highest BCUT2D eigenvalue weighted by Gasteiger charge is 2.42. The fourth-order valence-corrected chi connectivity index (χ4v) is 5.63. The molecule has 7 nitrogen and oxygen atoms in total. The molecule has 0 atom stereocenters. The molecular weight excluding hydrogens is 416 g/mol. The fraction of sp³-hybridized carbons (Fsp3) is 0.435. The quantitative estimate of drug-likeness (QED) is 0.767. The molecular formula is C23H28N2O5S. The Bertz CT molecular complexity index is 1030. The molecule has 2 aromatic carbocycles. The normalized spacial score (nSPS) is 19.6. The van der Waals surface area contributed by atoms with Crippen molar-refractivity contribution < 1.29 is 22.7 Å². The minimum atomic E-state index is -3.65. The average molecular weight is 445 g/mol. The van der Waals surface area contributed by atoms with Crippen LogP contribution in [0.15, 0.2) is 53.4 Å². The van der Waals surface area contributed by atoms with Crippen molar-refractivity contribution in [2.45, 2.75) is 30.1 Å². The van der Waals surface area contributed by atoms with Gasteiger partial charge in [0.1, 0.15) is 0 Å². The number of hydrogen-bond donors (Lipinski definition) is 1. The molecule has 1 N–H and O–H groups in total. The summed E-state index contributed by atoms with van der Waals surface area (Å²) in [5, 5.41) is 3.03. The van der Waals surface area contributed by atoms with Crippen molar-refractivity contribution in [2.24, 2.45) is 0 Å². The Hall–Kier alpha value is -2.26. The van der Waals surface area contributed by atoms with E-state index in [-0.39, 0.29) is 10.8 Å². The molecule has 0 aromatic heterocycles. The fourth-order valence-electron chi connectivity index (χ4n) is 4.20. The van der Waals surface area contributed by atoms with E-state index in [4.69, 9.17) is 9.47 Å².